The second kappa shape index (κ2) is 5.95. The minimum absolute atomic E-state index is 0.164. The van der Waals surface area contributed by atoms with Gasteiger partial charge in [-0.1, -0.05) is 6.92 Å². The molecule has 0 aliphatic heterocycles. The summed E-state index contributed by atoms with van der Waals surface area (Å²) in [4.78, 5) is 13.4. The van der Waals surface area contributed by atoms with E-state index in [9.17, 15) is 18.5 Å². The zero-order chi connectivity index (χ0) is 14.6. The number of halogens is 1. The molecule has 1 heterocycles. The Bertz CT molecular complexity index is 639. The maximum atomic E-state index is 12.0. The molecule has 102 valence electrons. The zero-order valence-corrected chi connectivity index (χ0v) is 11.5. The van der Waals surface area contributed by atoms with Crippen LogP contribution in [0.2, 0.25) is 0 Å². The van der Waals surface area contributed by atoms with Gasteiger partial charge in [-0.25, -0.2) is 13.4 Å². The average Bonchev–Trinajstić information content (AvgIpc) is 2.37. The van der Waals surface area contributed by atoms with E-state index in [2.05, 4.69) is 4.98 Å². The first-order chi connectivity index (χ1) is 8.81. The number of nitro groups is 1. The van der Waals surface area contributed by atoms with Gasteiger partial charge < -0.3 is 0 Å². The van der Waals surface area contributed by atoms with Crippen molar-refractivity contribution in [2.45, 2.75) is 11.9 Å². The van der Waals surface area contributed by atoms with Crippen LogP contribution in [-0.2, 0) is 9.84 Å². The molecule has 19 heavy (non-hydrogen) atoms. The Balaban J connectivity index is 3.24. The average molecular weight is 304 g/mol. The van der Waals surface area contributed by atoms with Crippen LogP contribution in [0.15, 0.2) is 17.2 Å². The fraction of sp³-hybridized carbons (Fsp3) is 0.400. The molecule has 1 unspecified atom stereocenters. The van der Waals surface area contributed by atoms with Gasteiger partial charge in [0, 0.05) is 11.9 Å². The maximum Gasteiger partial charge on any atom is 0.305 e. The lowest BCUT2D eigenvalue weighted by Crippen LogP contribution is -2.17. The molecule has 0 N–H and O–H groups in total. The topological polar surface area (TPSA) is 114 Å². The Morgan fingerprint density at radius 1 is 1.58 bits per heavy atom. The summed E-state index contributed by atoms with van der Waals surface area (Å²) in [5.41, 5.74) is -1.04. The van der Waals surface area contributed by atoms with Crippen LogP contribution in [0.1, 0.15) is 12.6 Å². The van der Waals surface area contributed by atoms with Gasteiger partial charge in [0.15, 0.2) is 14.9 Å². The highest BCUT2D eigenvalue weighted by atomic mass is 35.5. The lowest BCUT2D eigenvalue weighted by atomic mass is 10.3. The third-order valence-corrected chi connectivity index (χ3v) is 4.64. The zero-order valence-electron chi connectivity index (χ0n) is 9.91. The Morgan fingerprint density at radius 2 is 2.21 bits per heavy atom. The molecule has 0 aliphatic carbocycles. The van der Waals surface area contributed by atoms with E-state index in [1.54, 1.807) is 6.92 Å². The van der Waals surface area contributed by atoms with Crippen molar-refractivity contribution in [3.63, 3.8) is 0 Å². The van der Waals surface area contributed by atoms with Gasteiger partial charge in [-0.3, -0.25) is 10.1 Å². The number of nitrogens with zero attached hydrogens (tertiary/aromatic N) is 3. The minimum atomic E-state index is -3.72. The number of pyridine rings is 1. The predicted molar refractivity (Wildman–Crippen MR) is 67.5 cm³/mol. The molecule has 0 saturated carbocycles. The second-order valence-electron chi connectivity index (χ2n) is 3.93. The van der Waals surface area contributed by atoms with E-state index in [0.29, 0.717) is 0 Å². The molecule has 0 aromatic carbocycles. The van der Waals surface area contributed by atoms with Crippen molar-refractivity contribution in [1.82, 2.24) is 4.98 Å². The Labute approximate surface area is 114 Å². The fourth-order valence-corrected chi connectivity index (χ4v) is 3.12. The lowest BCUT2D eigenvalue weighted by Gasteiger charge is -2.08. The first-order valence-corrected chi connectivity index (χ1v) is 7.34. The number of aromatic nitrogens is 1. The fourth-order valence-electron chi connectivity index (χ4n) is 1.34. The molecule has 1 atom stereocenters. The molecule has 1 aromatic rings. The highest BCUT2D eigenvalue weighted by molar-refractivity contribution is 7.91. The summed E-state index contributed by atoms with van der Waals surface area (Å²) in [7, 11) is -3.72. The van der Waals surface area contributed by atoms with E-state index < -0.39 is 26.1 Å². The van der Waals surface area contributed by atoms with Crippen LogP contribution in [0.3, 0.4) is 0 Å². The second-order valence-corrected chi connectivity index (χ2v) is 6.22. The van der Waals surface area contributed by atoms with Crippen LogP contribution >= 0.6 is 11.6 Å². The molecule has 0 bridgehead atoms. The Hall–Kier alpha value is -1.72. The first-order valence-electron chi connectivity index (χ1n) is 5.16. The number of hydrogen-bond acceptors (Lipinski definition) is 6. The van der Waals surface area contributed by atoms with Gasteiger partial charge in [-0.05, 0) is 12.0 Å². The monoisotopic (exact) mass is 303 g/mol. The van der Waals surface area contributed by atoms with E-state index in [0.717, 1.165) is 12.1 Å². The number of alkyl halides is 1. The number of nitriles is 1. The molecule has 0 aliphatic rings. The highest BCUT2D eigenvalue weighted by Crippen LogP contribution is 2.20. The predicted octanol–water partition coefficient (Wildman–Crippen LogP) is 1.51. The number of rotatable bonds is 5. The largest absolute Gasteiger partial charge is 0.305 e. The van der Waals surface area contributed by atoms with Crippen molar-refractivity contribution < 1.29 is 13.3 Å². The standard InChI is InChI=1S/C10H10ClN3O4S/c1-7(4-11)6-19(17,18)10-3-2-9(14(15)16)8(5-12)13-10/h2-3,7H,4,6H2,1H3. The maximum absolute atomic E-state index is 12.0. The van der Waals surface area contributed by atoms with E-state index in [4.69, 9.17) is 16.9 Å². The van der Waals surface area contributed by atoms with Gasteiger partial charge in [0.1, 0.15) is 6.07 Å². The third kappa shape index (κ3) is 3.62. The van der Waals surface area contributed by atoms with Gasteiger partial charge in [-0.2, -0.15) is 5.26 Å². The molecule has 0 amide bonds. The number of sulfone groups is 1. The van der Waals surface area contributed by atoms with Crippen LogP contribution in [0.4, 0.5) is 5.69 Å². The molecule has 0 radical (unpaired) electrons. The first kappa shape index (κ1) is 15.3. The van der Waals surface area contributed by atoms with Crippen molar-refractivity contribution in [2.75, 3.05) is 11.6 Å². The van der Waals surface area contributed by atoms with Crippen molar-refractivity contribution in [3.05, 3.63) is 27.9 Å². The van der Waals surface area contributed by atoms with Gasteiger partial charge in [0.25, 0.3) is 0 Å². The summed E-state index contributed by atoms with van der Waals surface area (Å²) in [5.74, 6) is -0.349. The summed E-state index contributed by atoms with van der Waals surface area (Å²) in [6.45, 7) is 1.65. The van der Waals surface area contributed by atoms with Gasteiger partial charge in [0.2, 0.25) is 5.69 Å². The Kier molecular flexibility index (Phi) is 4.80. The molecular weight excluding hydrogens is 294 g/mol. The molecule has 0 spiro atoms. The van der Waals surface area contributed by atoms with E-state index in [1.165, 1.54) is 6.07 Å². The van der Waals surface area contributed by atoms with Crippen LogP contribution in [0, 0.1) is 27.4 Å². The molecule has 0 saturated heterocycles. The van der Waals surface area contributed by atoms with Gasteiger partial charge in [0.05, 0.1) is 10.7 Å². The normalized spacial score (nSPS) is 12.7. The van der Waals surface area contributed by atoms with Crippen LogP contribution in [0.5, 0.6) is 0 Å². The van der Waals surface area contributed by atoms with Crippen molar-refractivity contribution in [2.24, 2.45) is 5.92 Å². The smallest absolute Gasteiger partial charge is 0.258 e. The third-order valence-electron chi connectivity index (χ3n) is 2.24. The summed E-state index contributed by atoms with van der Waals surface area (Å²) in [5, 5.41) is 19.0. The quantitative estimate of drug-likeness (QED) is 0.462. The molecule has 0 fully saturated rings. The SMILES string of the molecule is CC(CCl)CS(=O)(=O)c1ccc([N+](=O)[O-])c(C#N)n1. The van der Waals surface area contributed by atoms with E-state index in [1.807, 2.05) is 0 Å². The minimum Gasteiger partial charge on any atom is -0.258 e. The van der Waals surface area contributed by atoms with Crippen molar-refractivity contribution in [3.8, 4) is 6.07 Å². The molecule has 7 nitrogen and oxygen atoms in total. The van der Waals surface area contributed by atoms with Crippen molar-refractivity contribution >= 4 is 27.1 Å². The van der Waals surface area contributed by atoms with E-state index in [-0.39, 0.29) is 22.6 Å². The summed E-state index contributed by atoms with van der Waals surface area (Å²) in [6.07, 6.45) is 0. The van der Waals surface area contributed by atoms with Crippen LogP contribution in [-0.4, -0.2) is 30.0 Å². The molecular formula is C10H10ClN3O4S. The van der Waals surface area contributed by atoms with Crippen LogP contribution < -0.4 is 0 Å². The van der Waals surface area contributed by atoms with Gasteiger partial charge in [-0.15, -0.1) is 11.6 Å². The Morgan fingerprint density at radius 3 is 2.68 bits per heavy atom. The summed E-state index contributed by atoms with van der Waals surface area (Å²) < 4.78 is 23.9. The lowest BCUT2D eigenvalue weighted by molar-refractivity contribution is -0.385. The molecule has 1 rings (SSSR count). The summed E-state index contributed by atoms with van der Waals surface area (Å²) in [6, 6.07) is 3.50. The van der Waals surface area contributed by atoms with Crippen LogP contribution in [0.25, 0.3) is 0 Å². The van der Waals surface area contributed by atoms with E-state index >= 15 is 0 Å². The molecule has 9 heteroatoms. The number of hydrogen-bond donors (Lipinski definition) is 0. The van der Waals surface area contributed by atoms with Gasteiger partial charge >= 0.3 is 5.69 Å². The summed E-state index contributed by atoms with van der Waals surface area (Å²) >= 11 is 5.54. The highest BCUT2D eigenvalue weighted by Gasteiger charge is 2.23. The van der Waals surface area contributed by atoms with Crippen molar-refractivity contribution in [1.29, 1.82) is 5.26 Å². The molecule has 1 aromatic heterocycles.